The van der Waals surface area contributed by atoms with Crippen LogP contribution in [0.4, 0.5) is 0 Å². The van der Waals surface area contributed by atoms with Crippen molar-refractivity contribution in [1.29, 1.82) is 0 Å². The van der Waals surface area contributed by atoms with Crippen LogP contribution in [0.1, 0.15) is 16.1 Å². The van der Waals surface area contributed by atoms with E-state index in [1.165, 1.54) is 0 Å². The lowest BCUT2D eigenvalue weighted by molar-refractivity contribution is 0.0935. The smallest absolute Gasteiger partial charge is 0.272 e. The number of nitrogens with one attached hydrogen (secondary N) is 2. The molecule has 3 aromatic rings. The second-order valence-corrected chi connectivity index (χ2v) is 6.15. The van der Waals surface area contributed by atoms with E-state index in [1.807, 2.05) is 24.3 Å². The van der Waals surface area contributed by atoms with Crippen molar-refractivity contribution in [2.24, 2.45) is 5.92 Å². The van der Waals surface area contributed by atoms with Gasteiger partial charge in [0.05, 0.1) is 12.0 Å². The molecule has 25 heavy (non-hydrogen) atoms. The molecule has 4 rings (SSSR count). The third kappa shape index (κ3) is 2.98. The molecule has 0 aliphatic carbocycles. The Morgan fingerprint density at radius 2 is 1.92 bits per heavy atom. The average molecular weight is 335 g/mol. The lowest BCUT2D eigenvalue weighted by atomic mass is 9.96. The molecule has 0 spiro atoms. The number of amides is 1. The minimum Gasteiger partial charge on any atom is -0.493 e. The molecule has 1 aliphatic rings. The normalized spacial score (nSPS) is 16.1. The lowest BCUT2D eigenvalue weighted by Gasteiger charge is -2.25. The predicted molar refractivity (Wildman–Crippen MR) is 93.8 cm³/mol. The molecular weight excluding hydrogens is 318 g/mol. The average Bonchev–Trinajstić information content (AvgIpc) is 2.66. The van der Waals surface area contributed by atoms with E-state index < -0.39 is 0 Å². The standard InChI is InChI=1S/C19H17N3O3/c23-18-15-7-3-2-6-14(15)17(21-22-18)19(24)20-10-12-9-13-5-1-4-8-16(13)25-11-12/h1-8,12H,9-11H2,(H,20,24)(H,22,23)/t12-/m0/s1. The first-order chi connectivity index (χ1) is 12.2. The summed E-state index contributed by atoms with van der Waals surface area (Å²) in [6, 6.07) is 14.9. The SMILES string of the molecule is O=C(NC[C@H]1COc2ccccc2C1)c1n[nH]c(=O)c2ccccc12. The molecule has 0 bridgehead atoms. The number of nitrogens with zero attached hydrogens (tertiary/aromatic N) is 1. The molecule has 0 saturated heterocycles. The Bertz CT molecular complexity index is 996. The van der Waals surface area contributed by atoms with Crippen molar-refractivity contribution in [3.05, 3.63) is 70.1 Å². The van der Waals surface area contributed by atoms with E-state index in [9.17, 15) is 9.59 Å². The number of carbonyl (C=O) groups excluding carboxylic acids is 1. The molecule has 2 aromatic carbocycles. The zero-order valence-corrected chi connectivity index (χ0v) is 13.5. The number of fused-ring (bicyclic) bond motifs is 2. The van der Waals surface area contributed by atoms with Crippen LogP contribution in [-0.4, -0.2) is 29.3 Å². The van der Waals surface area contributed by atoms with Crippen LogP contribution in [-0.2, 0) is 6.42 Å². The summed E-state index contributed by atoms with van der Waals surface area (Å²) in [7, 11) is 0. The molecule has 126 valence electrons. The largest absolute Gasteiger partial charge is 0.493 e. The summed E-state index contributed by atoms with van der Waals surface area (Å²) >= 11 is 0. The molecule has 0 fully saturated rings. The van der Waals surface area contributed by atoms with Crippen molar-refractivity contribution in [2.45, 2.75) is 6.42 Å². The predicted octanol–water partition coefficient (Wildman–Crippen LogP) is 1.90. The number of carbonyl (C=O) groups is 1. The van der Waals surface area contributed by atoms with E-state index >= 15 is 0 Å². The molecule has 2 heterocycles. The van der Waals surface area contributed by atoms with Crippen LogP contribution < -0.4 is 15.6 Å². The number of aromatic nitrogens is 2. The Hall–Kier alpha value is -3.15. The minimum absolute atomic E-state index is 0.202. The van der Waals surface area contributed by atoms with Gasteiger partial charge in [0, 0.05) is 17.8 Å². The zero-order chi connectivity index (χ0) is 17.2. The Kier molecular flexibility index (Phi) is 3.93. The highest BCUT2D eigenvalue weighted by atomic mass is 16.5. The molecule has 6 nitrogen and oxygen atoms in total. The molecule has 0 saturated carbocycles. The summed E-state index contributed by atoms with van der Waals surface area (Å²) in [5, 5.41) is 10.2. The van der Waals surface area contributed by atoms with Gasteiger partial charge in [-0.15, -0.1) is 0 Å². The Labute approximate surface area is 143 Å². The third-order valence-electron chi connectivity index (χ3n) is 4.42. The summed E-state index contributed by atoms with van der Waals surface area (Å²) in [5.74, 6) is 0.817. The first-order valence-corrected chi connectivity index (χ1v) is 8.18. The maximum atomic E-state index is 12.5. The number of para-hydroxylation sites is 1. The van der Waals surface area contributed by atoms with Crippen molar-refractivity contribution in [2.75, 3.05) is 13.2 Å². The molecule has 2 N–H and O–H groups in total. The number of ether oxygens (including phenoxy) is 1. The van der Waals surface area contributed by atoms with Crippen molar-refractivity contribution in [3.8, 4) is 5.75 Å². The number of rotatable bonds is 3. The number of hydrogen-bond acceptors (Lipinski definition) is 4. The molecule has 1 aliphatic heterocycles. The monoisotopic (exact) mass is 335 g/mol. The molecule has 0 unspecified atom stereocenters. The Morgan fingerprint density at radius 3 is 2.80 bits per heavy atom. The van der Waals surface area contributed by atoms with Gasteiger partial charge in [0.25, 0.3) is 11.5 Å². The van der Waals surface area contributed by atoms with Crippen LogP contribution in [0, 0.1) is 5.92 Å². The number of benzene rings is 2. The van der Waals surface area contributed by atoms with Gasteiger partial charge >= 0.3 is 0 Å². The fourth-order valence-electron chi connectivity index (χ4n) is 3.13. The van der Waals surface area contributed by atoms with Gasteiger partial charge in [-0.2, -0.15) is 5.10 Å². The number of aromatic amines is 1. The first kappa shape index (κ1) is 15.4. The highest BCUT2D eigenvalue weighted by Gasteiger charge is 2.21. The number of H-pyrrole nitrogens is 1. The molecule has 1 amide bonds. The second kappa shape index (κ2) is 6.39. The van der Waals surface area contributed by atoms with Crippen LogP contribution in [0.2, 0.25) is 0 Å². The van der Waals surface area contributed by atoms with Crippen LogP contribution in [0.15, 0.2) is 53.3 Å². The van der Waals surface area contributed by atoms with Gasteiger partial charge < -0.3 is 10.1 Å². The summed E-state index contributed by atoms with van der Waals surface area (Å²) in [6.07, 6.45) is 0.857. The van der Waals surface area contributed by atoms with E-state index in [2.05, 4.69) is 15.5 Å². The summed E-state index contributed by atoms with van der Waals surface area (Å²) in [4.78, 5) is 24.3. The van der Waals surface area contributed by atoms with E-state index in [0.717, 1.165) is 17.7 Å². The lowest BCUT2D eigenvalue weighted by Crippen LogP contribution is -2.35. The third-order valence-corrected chi connectivity index (χ3v) is 4.42. The van der Waals surface area contributed by atoms with Gasteiger partial charge in [-0.1, -0.05) is 36.4 Å². The first-order valence-electron chi connectivity index (χ1n) is 8.18. The minimum atomic E-state index is -0.301. The maximum Gasteiger partial charge on any atom is 0.272 e. The van der Waals surface area contributed by atoms with Crippen LogP contribution in [0.25, 0.3) is 10.8 Å². The highest BCUT2D eigenvalue weighted by Crippen LogP contribution is 2.26. The summed E-state index contributed by atoms with van der Waals surface area (Å²) in [5.41, 5.74) is 1.08. The van der Waals surface area contributed by atoms with Crippen molar-refractivity contribution in [1.82, 2.24) is 15.5 Å². The van der Waals surface area contributed by atoms with Gasteiger partial charge in [0.2, 0.25) is 0 Å². The van der Waals surface area contributed by atoms with Crippen LogP contribution in [0.5, 0.6) is 5.75 Å². The fraction of sp³-hybridized carbons (Fsp3) is 0.211. The quantitative estimate of drug-likeness (QED) is 0.766. The molecule has 6 heteroatoms. The van der Waals surface area contributed by atoms with Gasteiger partial charge in [-0.3, -0.25) is 9.59 Å². The zero-order valence-electron chi connectivity index (χ0n) is 13.5. The Morgan fingerprint density at radius 1 is 1.16 bits per heavy atom. The summed E-state index contributed by atoms with van der Waals surface area (Å²) in [6.45, 7) is 1.05. The van der Waals surface area contributed by atoms with E-state index in [1.54, 1.807) is 24.3 Å². The van der Waals surface area contributed by atoms with Gasteiger partial charge in [0.15, 0.2) is 5.69 Å². The van der Waals surface area contributed by atoms with Gasteiger partial charge in [0.1, 0.15) is 5.75 Å². The van der Waals surface area contributed by atoms with E-state index in [4.69, 9.17) is 4.74 Å². The van der Waals surface area contributed by atoms with Gasteiger partial charge in [-0.05, 0) is 24.1 Å². The van der Waals surface area contributed by atoms with Crippen molar-refractivity contribution < 1.29 is 9.53 Å². The molecule has 1 atom stereocenters. The summed E-state index contributed by atoms with van der Waals surface area (Å²) < 4.78 is 5.75. The maximum absolute atomic E-state index is 12.5. The van der Waals surface area contributed by atoms with Gasteiger partial charge in [-0.25, -0.2) is 5.10 Å². The van der Waals surface area contributed by atoms with Crippen LogP contribution in [0.3, 0.4) is 0 Å². The van der Waals surface area contributed by atoms with E-state index in [0.29, 0.717) is 23.9 Å². The second-order valence-electron chi connectivity index (χ2n) is 6.15. The Balaban J connectivity index is 1.49. The molecule has 0 radical (unpaired) electrons. The van der Waals surface area contributed by atoms with Crippen molar-refractivity contribution >= 4 is 16.7 Å². The topological polar surface area (TPSA) is 84.1 Å². The fourth-order valence-corrected chi connectivity index (χ4v) is 3.13. The molecule has 1 aromatic heterocycles. The van der Waals surface area contributed by atoms with Crippen molar-refractivity contribution in [3.63, 3.8) is 0 Å². The van der Waals surface area contributed by atoms with Crippen LogP contribution >= 0.6 is 0 Å². The van der Waals surface area contributed by atoms with E-state index in [-0.39, 0.29) is 23.1 Å². The molecular formula is C19H17N3O3. The highest BCUT2D eigenvalue weighted by molar-refractivity contribution is 6.04. The number of hydrogen-bond donors (Lipinski definition) is 2.